The van der Waals surface area contributed by atoms with Crippen molar-refractivity contribution in [1.29, 1.82) is 0 Å². The van der Waals surface area contributed by atoms with E-state index in [1.165, 1.54) is 4.68 Å². The Labute approximate surface area is 152 Å². The Balaban J connectivity index is 2.00. The molecule has 8 nitrogen and oxygen atoms in total. The molecule has 0 aliphatic carbocycles. The summed E-state index contributed by atoms with van der Waals surface area (Å²) in [6, 6.07) is 6.97. The fourth-order valence-electron chi connectivity index (χ4n) is 2.36. The highest BCUT2D eigenvalue weighted by Gasteiger charge is 2.23. The van der Waals surface area contributed by atoms with Crippen LogP contribution in [0.15, 0.2) is 24.3 Å². The molecule has 0 atom stereocenters. The fraction of sp³-hybridized carbons (Fsp3) is 0.389. The number of nitrogens with one attached hydrogen (secondary N) is 1. The minimum atomic E-state index is -0.527. The predicted octanol–water partition coefficient (Wildman–Crippen LogP) is 2.32. The van der Waals surface area contributed by atoms with E-state index in [1.54, 1.807) is 45.2 Å². The van der Waals surface area contributed by atoms with Gasteiger partial charge < -0.3 is 19.5 Å². The van der Waals surface area contributed by atoms with Crippen LogP contribution in [-0.2, 0) is 16.6 Å². The predicted molar refractivity (Wildman–Crippen MR) is 95.6 cm³/mol. The van der Waals surface area contributed by atoms with E-state index in [-0.39, 0.29) is 24.6 Å². The number of hydrogen-bond donors (Lipinski definition) is 1. The van der Waals surface area contributed by atoms with Crippen molar-refractivity contribution in [2.24, 2.45) is 7.05 Å². The van der Waals surface area contributed by atoms with Crippen LogP contribution >= 0.6 is 0 Å². The second-order valence-electron chi connectivity index (χ2n) is 5.39. The molecule has 0 aliphatic rings. The van der Waals surface area contributed by atoms with Gasteiger partial charge in [-0.1, -0.05) is 0 Å². The van der Waals surface area contributed by atoms with E-state index in [2.05, 4.69) is 10.4 Å². The maximum Gasteiger partial charge on any atom is 0.343 e. The van der Waals surface area contributed by atoms with Gasteiger partial charge in [0.2, 0.25) is 0 Å². The molecule has 0 fully saturated rings. The Morgan fingerprint density at radius 3 is 2.27 bits per heavy atom. The molecule has 2 rings (SSSR count). The van der Waals surface area contributed by atoms with Crippen LogP contribution in [-0.4, -0.2) is 41.5 Å². The van der Waals surface area contributed by atoms with Crippen LogP contribution in [0.25, 0.3) is 0 Å². The van der Waals surface area contributed by atoms with Crippen molar-refractivity contribution in [2.75, 3.05) is 25.1 Å². The van der Waals surface area contributed by atoms with Crippen molar-refractivity contribution in [3.05, 3.63) is 35.5 Å². The topological polar surface area (TPSA) is 91.7 Å². The first kappa shape index (κ1) is 19.3. The lowest BCUT2D eigenvalue weighted by Crippen LogP contribution is -2.23. The Bertz CT molecular complexity index is 768. The molecule has 0 unspecified atom stereocenters. The van der Waals surface area contributed by atoms with Crippen LogP contribution in [0.5, 0.6) is 11.5 Å². The lowest BCUT2D eigenvalue weighted by atomic mass is 10.2. The van der Waals surface area contributed by atoms with Gasteiger partial charge in [0, 0.05) is 7.05 Å². The Morgan fingerprint density at radius 1 is 1.08 bits per heavy atom. The first-order valence-electron chi connectivity index (χ1n) is 8.32. The summed E-state index contributed by atoms with van der Waals surface area (Å²) in [6.07, 6.45) is 0. The summed E-state index contributed by atoms with van der Waals surface area (Å²) in [5.41, 5.74) is 0.720. The molecular formula is C18H23N3O5. The molecule has 1 N–H and O–H groups in total. The lowest BCUT2D eigenvalue weighted by molar-refractivity contribution is -0.118. The number of ether oxygens (including phenoxy) is 3. The molecular weight excluding hydrogens is 338 g/mol. The molecule has 140 valence electrons. The van der Waals surface area contributed by atoms with E-state index in [1.807, 2.05) is 6.92 Å². The van der Waals surface area contributed by atoms with Crippen LogP contribution in [0.1, 0.15) is 29.9 Å². The summed E-state index contributed by atoms with van der Waals surface area (Å²) in [7, 11) is 1.64. The van der Waals surface area contributed by atoms with Crippen LogP contribution < -0.4 is 14.8 Å². The molecule has 1 aromatic carbocycles. The van der Waals surface area contributed by atoms with Crippen molar-refractivity contribution in [3.8, 4) is 11.5 Å². The summed E-state index contributed by atoms with van der Waals surface area (Å²) in [5, 5.41) is 6.81. The zero-order chi connectivity index (χ0) is 19.1. The number of amides is 1. The molecule has 26 heavy (non-hydrogen) atoms. The van der Waals surface area contributed by atoms with Gasteiger partial charge in [-0.3, -0.25) is 9.48 Å². The van der Waals surface area contributed by atoms with Gasteiger partial charge in [0.05, 0.1) is 18.9 Å². The average Bonchev–Trinajstić information content (AvgIpc) is 2.88. The third-order valence-corrected chi connectivity index (χ3v) is 3.46. The Morgan fingerprint density at radius 2 is 1.69 bits per heavy atom. The van der Waals surface area contributed by atoms with Gasteiger partial charge in [0.25, 0.3) is 5.91 Å². The average molecular weight is 361 g/mol. The highest BCUT2D eigenvalue weighted by atomic mass is 16.5. The number of aryl methyl sites for hydroxylation is 2. The van der Waals surface area contributed by atoms with Crippen LogP contribution in [0, 0.1) is 6.92 Å². The summed E-state index contributed by atoms with van der Waals surface area (Å²) >= 11 is 0. The zero-order valence-corrected chi connectivity index (χ0v) is 15.4. The van der Waals surface area contributed by atoms with Gasteiger partial charge in [-0.25, -0.2) is 4.79 Å². The Hall–Kier alpha value is -3.03. The number of nitrogens with zero attached hydrogens (tertiary/aromatic N) is 2. The second kappa shape index (κ2) is 8.89. The number of benzene rings is 1. The number of hydrogen-bond acceptors (Lipinski definition) is 6. The molecule has 0 radical (unpaired) electrons. The zero-order valence-electron chi connectivity index (χ0n) is 15.4. The second-order valence-corrected chi connectivity index (χ2v) is 5.39. The smallest absolute Gasteiger partial charge is 0.343 e. The van der Waals surface area contributed by atoms with Gasteiger partial charge in [0.15, 0.2) is 6.61 Å². The highest BCUT2D eigenvalue weighted by molar-refractivity contribution is 6.01. The Kier molecular flexibility index (Phi) is 6.60. The number of aromatic nitrogens is 2. The fourth-order valence-corrected chi connectivity index (χ4v) is 2.36. The van der Waals surface area contributed by atoms with E-state index >= 15 is 0 Å². The van der Waals surface area contributed by atoms with Crippen molar-refractivity contribution in [1.82, 2.24) is 9.78 Å². The normalized spacial score (nSPS) is 10.3. The number of rotatable bonds is 8. The van der Waals surface area contributed by atoms with Gasteiger partial charge in [-0.05, 0) is 45.0 Å². The molecule has 0 spiro atoms. The third kappa shape index (κ3) is 4.75. The van der Waals surface area contributed by atoms with Crippen LogP contribution in [0.4, 0.5) is 5.82 Å². The molecule has 1 heterocycles. The van der Waals surface area contributed by atoms with Crippen molar-refractivity contribution in [2.45, 2.75) is 20.8 Å². The first-order valence-corrected chi connectivity index (χ1v) is 8.32. The van der Waals surface area contributed by atoms with Crippen LogP contribution in [0.3, 0.4) is 0 Å². The van der Waals surface area contributed by atoms with Crippen LogP contribution in [0.2, 0.25) is 0 Å². The molecule has 0 aliphatic heterocycles. The van der Waals surface area contributed by atoms with E-state index in [9.17, 15) is 9.59 Å². The summed E-state index contributed by atoms with van der Waals surface area (Å²) in [6.45, 7) is 5.90. The minimum Gasteiger partial charge on any atom is -0.494 e. The third-order valence-electron chi connectivity index (χ3n) is 3.46. The molecule has 0 bridgehead atoms. The standard InChI is InChI=1S/C18H23N3O5/c1-5-24-13-7-9-14(10-8-13)26-11-15(22)19-17-16(18(23)25-6-2)12(3)20-21(17)4/h7-10H,5-6,11H2,1-4H3,(H,19,22). The molecule has 0 saturated heterocycles. The molecule has 2 aromatic rings. The van der Waals surface area contributed by atoms with Gasteiger partial charge in [-0.15, -0.1) is 0 Å². The summed E-state index contributed by atoms with van der Waals surface area (Å²) < 4.78 is 17.2. The van der Waals surface area contributed by atoms with Gasteiger partial charge in [0.1, 0.15) is 22.9 Å². The number of carbonyl (C=O) groups excluding carboxylic acids is 2. The largest absolute Gasteiger partial charge is 0.494 e. The van der Waals surface area contributed by atoms with Gasteiger partial charge in [-0.2, -0.15) is 5.10 Å². The van der Waals surface area contributed by atoms with E-state index in [0.717, 1.165) is 5.75 Å². The number of anilines is 1. The maximum atomic E-state index is 12.2. The van der Waals surface area contributed by atoms with Crippen molar-refractivity contribution < 1.29 is 23.8 Å². The molecule has 8 heteroatoms. The van der Waals surface area contributed by atoms with E-state index in [4.69, 9.17) is 14.2 Å². The van der Waals surface area contributed by atoms with Crippen molar-refractivity contribution >= 4 is 17.7 Å². The maximum absolute atomic E-state index is 12.2. The quantitative estimate of drug-likeness (QED) is 0.726. The lowest BCUT2D eigenvalue weighted by Gasteiger charge is -2.10. The number of carbonyl (C=O) groups is 2. The summed E-state index contributed by atoms with van der Waals surface area (Å²) in [5.74, 6) is 0.610. The van der Waals surface area contributed by atoms with E-state index in [0.29, 0.717) is 18.1 Å². The SMILES string of the molecule is CCOC(=O)c1c(C)nn(C)c1NC(=O)COc1ccc(OCC)cc1. The van der Waals surface area contributed by atoms with Gasteiger partial charge >= 0.3 is 5.97 Å². The molecule has 1 amide bonds. The first-order chi connectivity index (χ1) is 12.5. The number of esters is 1. The molecule has 1 aromatic heterocycles. The minimum absolute atomic E-state index is 0.208. The van der Waals surface area contributed by atoms with Crippen molar-refractivity contribution in [3.63, 3.8) is 0 Å². The molecule has 0 saturated carbocycles. The van der Waals surface area contributed by atoms with E-state index < -0.39 is 11.9 Å². The highest BCUT2D eigenvalue weighted by Crippen LogP contribution is 2.20. The monoisotopic (exact) mass is 361 g/mol. The summed E-state index contributed by atoms with van der Waals surface area (Å²) in [4.78, 5) is 24.3.